The highest BCUT2D eigenvalue weighted by molar-refractivity contribution is 6.14. The molecule has 1 aliphatic carbocycles. The van der Waals surface area contributed by atoms with Crippen LogP contribution in [0.5, 0.6) is 0 Å². The molecule has 3 aromatic heterocycles. The summed E-state index contributed by atoms with van der Waals surface area (Å²) in [4.78, 5) is 10.1. The van der Waals surface area contributed by atoms with Gasteiger partial charge >= 0.3 is 0 Å². The lowest BCUT2D eigenvalue weighted by atomic mass is 9.82. The molecule has 0 atom stereocenters. The smallest absolute Gasteiger partial charge is 0.160 e. The van der Waals surface area contributed by atoms with E-state index in [1.807, 2.05) is 24.3 Å². The predicted octanol–water partition coefficient (Wildman–Crippen LogP) is 14.0. The minimum atomic E-state index is -0.200. The number of fused-ring (bicyclic) bond motifs is 9. The van der Waals surface area contributed by atoms with Gasteiger partial charge in [-0.3, -0.25) is 0 Å². The highest BCUT2D eigenvalue weighted by Crippen LogP contribution is 2.53. The lowest BCUT2D eigenvalue weighted by Gasteiger charge is -2.22. The maximum atomic E-state index is 5.10. The largest absolute Gasteiger partial charge is 0.309 e. The molecule has 0 bridgehead atoms. The zero-order valence-electron chi connectivity index (χ0n) is 32.8. The van der Waals surface area contributed by atoms with E-state index in [0.29, 0.717) is 5.82 Å². The average Bonchev–Trinajstić information content (AvgIpc) is 3.88. The van der Waals surface area contributed by atoms with Gasteiger partial charge in [-0.15, -0.1) is 0 Å². The zero-order valence-corrected chi connectivity index (χ0v) is 32.8. The predicted molar refractivity (Wildman–Crippen MR) is 245 cm³/mol. The summed E-state index contributed by atoms with van der Waals surface area (Å²) in [5.41, 5.74) is 17.2. The number of hydrogen-bond donors (Lipinski definition) is 0. The Morgan fingerprint density at radius 3 is 1.44 bits per heavy atom. The van der Waals surface area contributed by atoms with Crippen LogP contribution in [0.15, 0.2) is 194 Å². The Labute approximate surface area is 342 Å². The molecule has 3 heterocycles. The van der Waals surface area contributed by atoms with Crippen LogP contribution in [-0.2, 0) is 5.41 Å². The summed E-state index contributed by atoms with van der Waals surface area (Å²) in [6.07, 6.45) is 0. The fourth-order valence-corrected chi connectivity index (χ4v) is 9.64. The SMILES string of the molecule is CC1(C)c2cc3c4ccccc4n(-c4ccccc4)c3cc2-c2cc3c4ccccc4n(-c4ccc(-c5cc(-c6ccccc6)nc(-c6ccccc6)n5)cc4)c3cc21. The molecule has 12 rings (SSSR count). The van der Waals surface area contributed by atoms with E-state index in [-0.39, 0.29) is 5.41 Å². The summed E-state index contributed by atoms with van der Waals surface area (Å²) < 4.78 is 4.86. The second-order valence-electron chi connectivity index (χ2n) is 16.2. The van der Waals surface area contributed by atoms with Gasteiger partial charge in [-0.25, -0.2) is 9.97 Å². The molecule has 0 fully saturated rings. The summed E-state index contributed by atoms with van der Waals surface area (Å²) in [6.45, 7) is 4.78. The monoisotopic (exact) mass is 754 g/mol. The van der Waals surface area contributed by atoms with Crippen LogP contribution in [-0.4, -0.2) is 19.1 Å². The van der Waals surface area contributed by atoms with E-state index in [9.17, 15) is 0 Å². The van der Waals surface area contributed by atoms with Crippen molar-refractivity contribution >= 4 is 43.6 Å². The van der Waals surface area contributed by atoms with Gasteiger partial charge in [-0.05, 0) is 89.0 Å². The van der Waals surface area contributed by atoms with Gasteiger partial charge in [-0.1, -0.05) is 141 Å². The van der Waals surface area contributed by atoms with E-state index < -0.39 is 0 Å². The first-order valence-corrected chi connectivity index (χ1v) is 20.3. The molecule has 8 aromatic carbocycles. The maximum Gasteiger partial charge on any atom is 0.160 e. The first-order valence-electron chi connectivity index (χ1n) is 20.3. The molecule has 0 aliphatic heterocycles. The second-order valence-corrected chi connectivity index (χ2v) is 16.2. The number of para-hydroxylation sites is 3. The van der Waals surface area contributed by atoms with Crippen LogP contribution in [0.25, 0.3) is 100 Å². The van der Waals surface area contributed by atoms with Crippen molar-refractivity contribution in [2.45, 2.75) is 19.3 Å². The van der Waals surface area contributed by atoms with Crippen molar-refractivity contribution in [1.82, 2.24) is 19.1 Å². The standard InChI is InChI=1S/C55H38N4/c1-55(2)46-31-45-41-23-13-15-25-51(41)58(38-20-10-5-11-21-38)52(45)32-43(46)42-30-44-40-22-12-14-24-50(40)59(53(44)33-47(42)55)39-28-26-36(27-29-39)49-34-48(35-16-6-3-7-17-35)56-54(57-49)37-18-8-4-9-19-37/h3-34H,1-2H3. The van der Waals surface area contributed by atoms with Crippen LogP contribution in [0.2, 0.25) is 0 Å². The third-order valence-corrected chi connectivity index (χ3v) is 12.5. The molecule has 0 radical (unpaired) electrons. The van der Waals surface area contributed by atoms with Crippen LogP contribution in [0.1, 0.15) is 25.0 Å². The normalized spacial score (nSPS) is 13.1. The fraction of sp³-hybridized carbons (Fsp3) is 0.0545. The van der Waals surface area contributed by atoms with Crippen LogP contribution < -0.4 is 0 Å². The van der Waals surface area contributed by atoms with Crippen molar-refractivity contribution in [3.63, 3.8) is 0 Å². The van der Waals surface area contributed by atoms with Gasteiger partial charge in [0.2, 0.25) is 0 Å². The fourth-order valence-electron chi connectivity index (χ4n) is 9.64. The zero-order chi connectivity index (χ0) is 39.2. The van der Waals surface area contributed by atoms with Gasteiger partial charge in [0.25, 0.3) is 0 Å². The summed E-state index contributed by atoms with van der Waals surface area (Å²) in [5.74, 6) is 0.716. The molecule has 0 saturated heterocycles. The van der Waals surface area contributed by atoms with Crippen molar-refractivity contribution in [3.8, 4) is 56.4 Å². The summed E-state index contributed by atoms with van der Waals surface area (Å²) in [6, 6.07) is 69.8. The molecule has 0 N–H and O–H groups in total. The van der Waals surface area contributed by atoms with Gasteiger partial charge in [0.05, 0.1) is 33.5 Å². The van der Waals surface area contributed by atoms with Crippen molar-refractivity contribution in [3.05, 3.63) is 205 Å². The highest BCUT2D eigenvalue weighted by Gasteiger charge is 2.37. The molecule has 0 saturated carbocycles. The Morgan fingerprint density at radius 2 is 0.814 bits per heavy atom. The Balaban J connectivity index is 1.02. The molecular formula is C55H38N4. The van der Waals surface area contributed by atoms with E-state index in [1.54, 1.807) is 0 Å². The Bertz CT molecular complexity index is 3370. The lowest BCUT2D eigenvalue weighted by Crippen LogP contribution is -2.15. The van der Waals surface area contributed by atoms with Crippen LogP contribution >= 0.6 is 0 Å². The van der Waals surface area contributed by atoms with Crippen molar-refractivity contribution < 1.29 is 0 Å². The molecule has 0 unspecified atom stereocenters. The number of rotatable bonds is 5. The molecule has 0 spiro atoms. The molecule has 59 heavy (non-hydrogen) atoms. The molecular weight excluding hydrogens is 717 g/mol. The highest BCUT2D eigenvalue weighted by atomic mass is 15.0. The Hall–Kier alpha value is -7.56. The number of aromatic nitrogens is 4. The number of nitrogens with zero attached hydrogens (tertiary/aromatic N) is 4. The van der Waals surface area contributed by atoms with Crippen LogP contribution in [0, 0.1) is 0 Å². The Morgan fingerprint density at radius 1 is 0.356 bits per heavy atom. The van der Waals surface area contributed by atoms with Crippen molar-refractivity contribution in [1.29, 1.82) is 0 Å². The summed E-state index contributed by atoms with van der Waals surface area (Å²) >= 11 is 0. The maximum absolute atomic E-state index is 5.10. The average molecular weight is 755 g/mol. The molecule has 4 heteroatoms. The third-order valence-electron chi connectivity index (χ3n) is 12.5. The van der Waals surface area contributed by atoms with Gasteiger partial charge in [-0.2, -0.15) is 0 Å². The first kappa shape index (κ1) is 33.6. The lowest BCUT2D eigenvalue weighted by molar-refractivity contribution is 0.662. The Kier molecular flexibility index (Phi) is 7.24. The van der Waals surface area contributed by atoms with Gasteiger partial charge in [0, 0.05) is 55.0 Å². The van der Waals surface area contributed by atoms with E-state index in [0.717, 1.165) is 33.8 Å². The molecule has 11 aromatic rings. The minimum Gasteiger partial charge on any atom is -0.309 e. The van der Waals surface area contributed by atoms with Gasteiger partial charge < -0.3 is 9.13 Å². The minimum absolute atomic E-state index is 0.200. The van der Waals surface area contributed by atoms with Crippen LogP contribution in [0.4, 0.5) is 0 Å². The van der Waals surface area contributed by atoms with Gasteiger partial charge in [0.1, 0.15) is 0 Å². The molecule has 0 amide bonds. The van der Waals surface area contributed by atoms with Crippen molar-refractivity contribution in [2.24, 2.45) is 0 Å². The molecule has 1 aliphatic rings. The van der Waals surface area contributed by atoms with Gasteiger partial charge in [0.15, 0.2) is 5.82 Å². The van der Waals surface area contributed by atoms with E-state index in [1.165, 1.54) is 71.6 Å². The third kappa shape index (κ3) is 5.09. The first-order chi connectivity index (χ1) is 29.0. The topological polar surface area (TPSA) is 35.6 Å². The molecule has 278 valence electrons. The van der Waals surface area contributed by atoms with Crippen LogP contribution in [0.3, 0.4) is 0 Å². The summed E-state index contributed by atoms with van der Waals surface area (Å²) in [5, 5.41) is 5.07. The van der Waals surface area contributed by atoms with E-state index in [4.69, 9.17) is 9.97 Å². The van der Waals surface area contributed by atoms with Crippen molar-refractivity contribution in [2.75, 3.05) is 0 Å². The quantitative estimate of drug-likeness (QED) is 0.175. The second kappa shape index (κ2) is 12.7. The molecule has 4 nitrogen and oxygen atoms in total. The van der Waals surface area contributed by atoms with E-state index >= 15 is 0 Å². The number of hydrogen-bond acceptors (Lipinski definition) is 2. The van der Waals surface area contributed by atoms with E-state index in [2.05, 4.69) is 193 Å². The number of benzene rings is 8. The summed E-state index contributed by atoms with van der Waals surface area (Å²) in [7, 11) is 0.